The molecule has 0 bridgehead atoms. The average Bonchev–Trinajstić information content (AvgIpc) is 2.37. The van der Waals surface area contributed by atoms with E-state index in [0.29, 0.717) is 0 Å². The quantitative estimate of drug-likeness (QED) is 0.635. The van der Waals surface area contributed by atoms with Crippen molar-refractivity contribution < 1.29 is 9.13 Å². The Morgan fingerprint density at radius 2 is 2.00 bits per heavy atom. The molecular weight excluding hydrogens is 215 g/mol. The Labute approximate surface area is 104 Å². The summed E-state index contributed by atoms with van der Waals surface area (Å²) in [6.45, 7) is 6.58. The van der Waals surface area contributed by atoms with Crippen LogP contribution in [0.5, 0.6) is 5.75 Å². The van der Waals surface area contributed by atoms with Gasteiger partial charge < -0.3 is 4.74 Å². The predicted molar refractivity (Wildman–Crippen MR) is 70.6 cm³/mol. The van der Waals surface area contributed by atoms with Crippen molar-refractivity contribution in [2.75, 3.05) is 13.3 Å². The summed E-state index contributed by atoms with van der Waals surface area (Å²) in [7, 11) is 0. The zero-order valence-corrected chi connectivity index (χ0v) is 11.1. The summed E-state index contributed by atoms with van der Waals surface area (Å²) in [5, 5.41) is 0. The van der Waals surface area contributed by atoms with Gasteiger partial charge in [-0.25, -0.2) is 0 Å². The number of hydrogen-bond donors (Lipinski definition) is 0. The first-order valence-electron chi connectivity index (χ1n) is 6.53. The Kier molecular flexibility index (Phi) is 6.03. The minimum atomic E-state index is -0.318. The number of hydrogen-bond acceptors (Lipinski definition) is 1. The predicted octanol–water partition coefficient (Wildman–Crippen LogP) is 4.50. The van der Waals surface area contributed by atoms with Crippen LogP contribution in [0, 0.1) is 0 Å². The second-order valence-electron chi connectivity index (χ2n) is 4.52. The first-order valence-corrected chi connectivity index (χ1v) is 6.53. The molecule has 0 N–H and O–H groups in total. The summed E-state index contributed by atoms with van der Waals surface area (Å²) in [4.78, 5) is 0. The first kappa shape index (κ1) is 14.0. The van der Waals surface area contributed by atoms with Crippen molar-refractivity contribution in [2.45, 2.75) is 46.0 Å². The molecule has 0 amide bonds. The molecule has 0 saturated heterocycles. The van der Waals surface area contributed by atoms with E-state index in [2.05, 4.69) is 26.0 Å². The Balaban J connectivity index is 2.81. The van der Waals surface area contributed by atoms with Gasteiger partial charge in [-0.15, -0.1) is 0 Å². The van der Waals surface area contributed by atoms with E-state index in [-0.39, 0.29) is 12.6 Å². The molecule has 1 nitrogen and oxygen atoms in total. The lowest BCUT2D eigenvalue weighted by molar-refractivity contribution is 0.308. The highest BCUT2D eigenvalue weighted by Gasteiger charge is 2.08. The molecular formula is C15H23FO. The summed E-state index contributed by atoms with van der Waals surface area (Å²) in [6.07, 6.45) is 3.14. The van der Waals surface area contributed by atoms with Gasteiger partial charge >= 0.3 is 0 Å². The second-order valence-corrected chi connectivity index (χ2v) is 4.52. The van der Waals surface area contributed by atoms with E-state index < -0.39 is 0 Å². The van der Waals surface area contributed by atoms with Crippen molar-refractivity contribution in [3.8, 4) is 5.75 Å². The van der Waals surface area contributed by atoms with Gasteiger partial charge in [0.2, 0.25) is 0 Å². The summed E-state index contributed by atoms with van der Waals surface area (Å²) < 4.78 is 18.4. The van der Waals surface area contributed by atoms with Crippen LogP contribution in [0.1, 0.15) is 50.7 Å². The van der Waals surface area contributed by atoms with Gasteiger partial charge in [0.1, 0.15) is 5.75 Å². The van der Waals surface area contributed by atoms with E-state index in [1.807, 2.05) is 13.0 Å². The van der Waals surface area contributed by atoms with Crippen LogP contribution < -0.4 is 4.74 Å². The minimum absolute atomic E-state index is 0.0463. The summed E-state index contributed by atoms with van der Waals surface area (Å²) >= 11 is 0. The average molecular weight is 238 g/mol. The topological polar surface area (TPSA) is 9.23 Å². The third kappa shape index (κ3) is 4.37. The first-order chi connectivity index (χ1) is 8.21. The number of ether oxygens (including phenoxy) is 1. The maximum absolute atomic E-state index is 12.7. The zero-order chi connectivity index (χ0) is 12.7. The van der Waals surface area contributed by atoms with Crippen molar-refractivity contribution in [3.63, 3.8) is 0 Å². The number of unbranched alkanes of at least 4 members (excludes halogenated alkanes) is 1. The fourth-order valence-corrected chi connectivity index (χ4v) is 1.68. The normalized spacial score (nSPS) is 12.5. The molecule has 0 aromatic heterocycles. The van der Waals surface area contributed by atoms with Crippen LogP contribution in [-0.2, 0) is 6.42 Å². The molecule has 1 unspecified atom stereocenters. The lowest BCUT2D eigenvalue weighted by Gasteiger charge is -2.13. The smallest absolute Gasteiger partial charge is 0.119 e. The molecule has 0 aliphatic heterocycles. The van der Waals surface area contributed by atoms with Gasteiger partial charge in [-0.05, 0) is 36.1 Å². The van der Waals surface area contributed by atoms with Crippen LogP contribution in [0.25, 0.3) is 0 Å². The molecule has 1 aromatic rings. The summed E-state index contributed by atoms with van der Waals surface area (Å²) in [5.41, 5.74) is 2.26. The van der Waals surface area contributed by atoms with Gasteiger partial charge in [-0.2, -0.15) is 0 Å². The molecule has 17 heavy (non-hydrogen) atoms. The number of rotatable bonds is 7. The van der Waals surface area contributed by atoms with Crippen LogP contribution in [0.3, 0.4) is 0 Å². The Hall–Kier alpha value is -1.05. The van der Waals surface area contributed by atoms with Crippen molar-refractivity contribution in [3.05, 3.63) is 29.3 Å². The van der Waals surface area contributed by atoms with Crippen molar-refractivity contribution in [2.24, 2.45) is 0 Å². The molecule has 0 saturated carbocycles. The van der Waals surface area contributed by atoms with Crippen molar-refractivity contribution in [1.82, 2.24) is 0 Å². The fourth-order valence-electron chi connectivity index (χ4n) is 1.68. The molecule has 0 fully saturated rings. The number of alkyl halides is 1. The highest BCUT2D eigenvalue weighted by molar-refractivity contribution is 5.36. The van der Waals surface area contributed by atoms with Gasteiger partial charge in [0.15, 0.2) is 0 Å². The van der Waals surface area contributed by atoms with Crippen LogP contribution in [0.2, 0.25) is 0 Å². The van der Waals surface area contributed by atoms with Gasteiger partial charge in [0.25, 0.3) is 0 Å². The Bertz CT molecular complexity index is 336. The zero-order valence-electron chi connectivity index (χ0n) is 11.1. The highest BCUT2D eigenvalue weighted by atomic mass is 19.1. The van der Waals surface area contributed by atoms with Crippen LogP contribution in [-0.4, -0.2) is 13.3 Å². The molecule has 0 aliphatic rings. The van der Waals surface area contributed by atoms with Gasteiger partial charge in [-0.1, -0.05) is 33.3 Å². The summed E-state index contributed by atoms with van der Waals surface area (Å²) in [5.74, 6) is 0.836. The largest absolute Gasteiger partial charge is 0.494 e. The molecule has 1 aromatic carbocycles. The standard InChI is InChI=1S/C15H23FO/c1-4-6-7-17-15-9-13(5-2)8-14(10-15)12(3)11-16/h8-10,12H,4-7,11H2,1-3H3. The molecule has 0 heterocycles. The maximum Gasteiger partial charge on any atom is 0.119 e. The third-order valence-corrected chi connectivity index (χ3v) is 2.96. The monoisotopic (exact) mass is 238 g/mol. The van der Waals surface area contributed by atoms with Crippen LogP contribution in [0.15, 0.2) is 18.2 Å². The van der Waals surface area contributed by atoms with Crippen molar-refractivity contribution in [1.29, 1.82) is 0 Å². The molecule has 0 aliphatic carbocycles. The molecule has 1 rings (SSSR count). The number of aryl methyl sites for hydroxylation is 1. The van der Waals surface area contributed by atoms with E-state index in [1.165, 1.54) is 5.56 Å². The highest BCUT2D eigenvalue weighted by Crippen LogP contribution is 2.24. The Morgan fingerprint density at radius 3 is 2.59 bits per heavy atom. The van der Waals surface area contributed by atoms with Gasteiger partial charge in [0, 0.05) is 5.92 Å². The van der Waals surface area contributed by atoms with Gasteiger partial charge in [-0.3, -0.25) is 4.39 Å². The molecule has 0 radical (unpaired) electrons. The lowest BCUT2D eigenvalue weighted by Crippen LogP contribution is -2.01. The summed E-state index contributed by atoms with van der Waals surface area (Å²) in [6, 6.07) is 6.11. The minimum Gasteiger partial charge on any atom is -0.494 e. The number of halogens is 1. The van der Waals surface area contributed by atoms with E-state index in [4.69, 9.17) is 4.74 Å². The second kappa shape index (κ2) is 7.31. The lowest BCUT2D eigenvalue weighted by atomic mass is 9.99. The van der Waals surface area contributed by atoms with E-state index in [1.54, 1.807) is 0 Å². The van der Waals surface area contributed by atoms with Crippen molar-refractivity contribution >= 4 is 0 Å². The van der Waals surface area contributed by atoms with E-state index in [9.17, 15) is 4.39 Å². The SMILES string of the molecule is CCCCOc1cc(CC)cc(C(C)CF)c1. The maximum atomic E-state index is 12.7. The number of benzene rings is 1. The fraction of sp³-hybridized carbons (Fsp3) is 0.600. The molecule has 0 spiro atoms. The third-order valence-electron chi connectivity index (χ3n) is 2.96. The van der Waals surface area contributed by atoms with Crippen LogP contribution >= 0.6 is 0 Å². The van der Waals surface area contributed by atoms with Gasteiger partial charge in [0.05, 0.1) is 13.3 Å². The molecule has 96 valence electrons. The molecule has 1 atom stereocenters. The van der Waals surface area contributed by atoms with E-state index >= 15 is 0 Å². The molecule has 2 heteroatoms. The van der Waals surface area contributed by atoms with E-state index in [0.717, 1.165) is 37.2 Å². The van der Waals surface area contributed by atoms with Crippen LogP contribution in [0.4, 0.5) is 4.39 Å². The Morgan fingerprint density at radius 1 is 1.24 bits per heavy atom.